The molecule has 1 aliphatic carbocycles. The Morgan fingerprint density at radius 1 is 1.39 bits per heavy atom. The van der Waals surface area contributed by atoms with Gasteiger partial charge in [0.05, 0.1) is 17.7 Å². The van der Waals surface area contributed by atoms with Gasteiger partial charge in [-0.3, -0.25) is 4.79 Å². The zero-order valence-corrected chi connectivity index (χ0v) is 12.6. The molecule has 0 aromatic carbocycles. The number of aryl methyl sites for hydroxylation is 1. The van der Waals surface area contributed by atoms with Gasteiger partial charge in [-0.15, -0.1) is 0 Å². The quantitative estimate of drug-likeness (QED) is 0.860. The lowest BCUT2D eigenvalue weighted by Crippen LogP contribution is -2.61. The summed E-state index contributed by atoms with van der Waals surface area (Å²) in [6.45, 7) is 1.55. The summed E-state index contributed by atoms with van der Waals surface area (Å²) in [4.78, 5) is 12.5. The van der Waals surface area contributed by atoms with Crippen molar-refractivity contribution in [3.63, 3.8) is 0 Å². The molecule has 0 bridgehead atoms. The summed E-state index contributed by atoms with van der Waals surface area (Å²) >= 11 is 0. The minimum absolute atomic E-state index is 0.0338. The first-order valence-corrected chi connectivity index (χ1v) is 7.50. The van der Waals surface area contributed by atoms with E-state index in [1.807, 2.05) is 0 Å². The van der Waals surface area contributed by atoms with Crippen LogP contribution in [-0.4, -0.2) is 33.6 Å². The van der Waals surface area contributed by atoms with Crippen LogP contribution in [-0.2, 0) is 0 Å². The summed E-state index contributed by atoms with van der Waals surface area (Å²) in [5.41, 5.74) is -2.69. The molecule has 0 unspecified atom stereocenters. The molecular formula is C15H17F3N2O3. The molecule has 1 amide bonds. The molecule has 8 heteroatoms. The summed E-state index contributed by atoms with van der Waals surface area (Å²) in [7, 11) is 0. The van der Waals surface area contributed by atoms with E-state index in [0.717, 1.165) is 12.7 Å². The van der Waals surface area contributed by atoms with Crippen molar-refractivity contribution >= 4 is 11.6 Å². The van der Waals surface area contributed by atoms with Crippen molar-refractivity contribution < 1.29 is 27.5 Å². The van der Waals surface area contributed by atoms with Crippen LogP contribution in [0.1, 0.15) is 48.0 Å². The Morgan fingerprint density at radius 2 is 2.13 bits per heavy atom. The Bertz CT molecular complexity index is 653. The van der Waals surface area contributed by atoms with Crippen LogP contribution in [0.2, 0.25) is 0 Å². The highest BCUT2D eigenvalue weighted by Gasteiger charge is 2.68. The average molecular weight is 330 g/mol. The normalized spacial score (nSPS) is 28.3. The average Bonchev–Trinajstić information content (AvgIpc) is 2.92. The molecule has 1 fully saturated rings. The molecule has 0 radical (unpaired) electrons. The number of nitrogens with zero attached hydrogens (tertiary/aromatic N) is 2. The van der Waals surface area contributed by atoms with Crippen LogP contribution in [0, 0.1) is 12.8 Å². The molecule has 1 aromatic heterocycles. The summed E-state index contributed by atoms with van der Waals surface area (Å²) in [6, 6.07) is 0. The van der Waals surface area contributed by atoms with Gasteiger partial charge in [0.1, 0.15) is 6.26 Å². The minimum Gasteiger partial charge on any atom is -0.471 e. The summed E-state index contributed by atoms with van der Waals surface area (Å²) in [6.07, 6.45) is -0.0894. The van der Waals surface area contributed by atoms with Crippen LogP contribution in [0.4, 0.5) is 13.2 Å². The lowest BCUT2D eigenvalue weighted by Gasteiger charge is -2.37. The van der Waals surface area contributed by atoms with Crippen molar-refractivity contribution in [2.45, 2.75) is 50.9 Å². The summed E-state index contributed by atoms with van der Waals surface area (Å²) in [5, 5.41) is 14.6. The molecular weight excluding hydrogens is 313 g/mol. The Balaban J connectivity index is 2.06. The lowest BCUT2D eigenvalue weighted by atomic mass is 9.87. The molecule has 5 nitrogen and oxygen atoms in total. The second kappa shape index (κ2) is 5.36. The molecule has 3 rings (SSSR count). The first kappa shape index (κ1) is 16.0. The number of hydrogen-bond donors (Lipinski definition) is 1. The third-order valence-corrected chi connectivity index (χ3v) is 4.56. The van der Waals surface area contributed by atoms with E-state index in [-0.39, 0.29) is 22.7 Å². The van der Waals surface area contributed by atoms with Crippen LogP contribution in [0.25, 0.3) is 0 Å². The van der Waals surface area contributed by atoms with Gasteiger partial charge in [-0.05, 0) is 26.2 Å². The van der Waals surface area contributed by atoms with Gasteiger partial charge in [-0.25, -0.2) is 0 Å². The van der Waals surface area contributed by atoms with Gasteiger partial charge in [0.2, 0.25) is 0 Å². The molecule has 1 N–H and O–H groups in total. The maximum atomic E-state index is 13.7. The van der Waals surface area contributed by atoms with Crippen LogP contribution in [0.3, 0.4) is 0 Å². The predicted octanol–water partition coefficient (Wildman–Crippen LogP) is 3.23. The Kier molecular flexibility index (Phi) is 3.74. The van der Waals surface area contributed by atoms with Crippen molar-refractivity contribution in [1.82, 2.24) is 5.01 Å². The molecule has 2 aliphatic rings. The Morgan fingerprint density at radius 3 is 2.74 bits per heavy atom. The standard InChI is InChI=1S/C15H17F3N2O3/c1-9-7-23-8-10(9)13(21)20-14(22,15(16,17)18)11-5-3-2-4-6-12(11)19-20/h7-8,11,22H,2-6H2,1H3/t11-,14+/m1/s1. The Labute approximate surface area is 130 Å². The third-order valence-electron chi connectivity index (χ3n) is 4.56. The van der Waals surface area contributed by atoms with E-state index < -0.39 is 23.7 Å². The monoisotopic (exact) mass is 330 g/mol. The zero-order chi connectivity index (χ0) is 16.8. The van der Waals surface area contributed by atoms with Crippen molar-refractivity contribution in [3.8, 4) is 0 Å². The smallest absolute Gasteiger partial charge is 0.439 e. The minimum atomic E-state index is -5.00. The highest BCUT2D eigenvalue weighted by atomic mass is 19.4. The third kappa shape index (κ3) is 2.36. The van der Waals surface area contributed by atoms with E-state index >= 15 is 0 Å². The summed E-state index contributed by atoms with van der Waals surface area (Å²) < 4.78 is 45.8. The number of aliphatic hydroxyl groups is 1. The fourth-order valence-electron chi connectivity index (χ4n) is 3.29. The first-order chi connectivity index (χ1) is 10.8. The fourth-order valence-corrected chi connectivity index (χ4v) is 3.29. The van der Waals surface area contributed by atoms with Crippen LogP contribution >= 0.6 is 0 Å². The predicted molar refractivity (Wildman–Crippen MR) is 74.6 cm³/mol. The van der Waals surface area contributed by atoms with Crippen molar-refractivity contribution in [3.05, 3.63) is 23.7 Å². The molecule has 1 aliphatic heterocycles. The maximum Gasteiger partial charge on any atom is 0.439 e. The lowest BCUT2D eigenvalue weighted by molar-refractivity contribution is -0.312. The summed E-state index contributed by atoms with van der Waals surface area (Å²) in [5.74, 6) is -2.21. The molecule has 0 saturated heterocycles. The van der Waals surface area contributed by atoms with Crippen LogP contribution in [0.15, 0.2) is 22.0 Å². The second-order valence-corrected chi connectivity index (χ2v) is 6.05. The van der Waals surface area contributed by atoms with E-state index in [0.29, 0.717) is 24.8 Å². The Hall–Kier alpha value is -1.83. The number of carbonyl (C=O) groups is 1. The number of amides is 1. The van der Waals surface area contributed by atoms with E-state index in [1.54, 1.807) is 6.92 Å². The number of rotatable bonds is 1. The topological polar surface area (TPSA) is 66.0 Å². The van der Waals surface area contributed by atoms with Gasteiger partial charge in [-0.2, -0.15) is 23.3 Å². The molecule has 23 heavy (non-hydrogen) atoms. The van der Waals surface area contributed by atoms with Gasteiger partial charge < -0.3 is 9.52 Å². The van der Waals surface area contributed by atoms with Gasteiger partial charge in [0.25, 0.3) is 11.6 Å². The molecule has 1 aromatic rings. The first-order valence-electron chi connectivity index (χ1n) is 7.50. The van der Waals surface area contributed by atoms with E-state index in [2.05, 4.69) is 5.10 Å². The van der Waals surface area contributed by atoms with Gasteiger partial charge in [0, 0.05) is 11.3 Å². The second-order valence-electron chi connectivity index (χ2n) is 6.05. The highest BCUT2D eigenvalue weighted by Crippen LogP contribution is 2.48. The number of halogens is 3. The van der Waals surface area contributed by atoms with E-state index in [1.165, 1.54) is 6.26 Å². The van der Waals surface area contributed by atoms with Gasteiger partial charge in [0.15, 0.2) is 0 Å². The molecule has 2 heterocycles. The number of carbonyl (C=O) groups excluding carboxylic acids is 1. The number of furan rings is 1. The largest absolute Gasteiger partial charge is 0.471 e. The van der Waals surface area contributed by atoms with Crippen molar-refractivity contribution in [1.29, 1.82) is 0 Å². The molecule has 0 spiro atoms. The molecule has 1 saturated carbocycles. The fraction of sp³-hybridized carbons (Fsp3) is 0.600. The van der Waals surface area contributed by atoms with Gasteiger partial charge >= 0.3 is 6.18 Å². The van der Waals surface area contributed by atoms with Gasteiger partial charge in [-0.1, -0.05) is 12.8 Å². The highest BCUT2D eigenvalue weighted by molar-refractivity contribution is 5.99. The number of hydrazone groups is 1. The zero-order valence-electron chi connectivity index (χ0n) is 12.6. The van der Waals surface area contributed by atoms with Crippen LogP contribution in [0.5, 0.6) is 0 Å². The SMILES string of the molecule is Cc1cocc1C(=O)N1N=C2CCCCC[C@H]2[C@]1(O)C(F)(F)F. The molecule has 2 atom stereocenters. The molecule has 126 valence electrons. The van der Waals surface area contributed by atoms with E-state index in [4.69, 9.17) is 4.42 Å². The van der Waals surface area contributed by atoms with Crippen molar-refractivity contribution in [2.24, 2.45) is 11.0 Å². The number of hydrogen-bond acceptors (Lipinski definition) is 4. The van der Waals surface area contributed by atoms with Crippen molar-refractivity contribution in [2.75, 3.05) is 0 Å². The van der Waals surface area contributed by atoms with Crippen LogP contribution < -0.4 is 0 Å². The number of alkyl halides is 3. The maximum absolute atomic E-state index is 13.7. The van der Waals surface area contributed by atoms with E-state index in [9.17, 15) is 23.1 Å². The number of fused-ring (bicyclic) bond motifs is 1.